The van der Waals surface area contributed by atoms with Crippen LogP contribution < -0.4 is 5.32 Å². The predicted octanol–water partition coefficient (Wildman–Crippen LogP) is 1.55. The molecule has 1 atom stereocenters. The van der Waals surface area contributed by atoms with Crippen molar-refractivity contribution in [3.05, 3.63) is 29.8 Å². The molecular weight excluding hydrogens is 194 g/mol. The van der Waals surface area contributed by atoms with Crippen LogP contribution in [0.15, 0.2) is 29.2 Å². The second-order valence-electron chi connectivity index (χ2n) is 4.02. The highest BCUT2D eigenvalue weighted by atomic mass is 32.2. The SMILES string of the molecule is O=C1CC2(CN1)CSc1ccccc12. The molecule has 14 heavy (non-hydrogen) atoms. The van der Waals surface area contributed by atoms with Crippen molar-refractivity contribution in [3.63, 3.8) is 0 Å². The molecule has 0 aliphatic carbocycles. The van der Waals surface area contributed by atoms with Gasteiger partial charge in [0.1, 0.15) is 0 Å². The highest BCUT2D eigenvalue weighted by molar-refractivity contribution is 7.99. The minimum atomic E-state index is 0.0956. The highest BCUT2D eigenvalue weighted by Crippen LogP contribution is 2.46. The lowest BCUT2D eigenvalue weighted by molar-refractivity contribution is -0.119. The Morgan fingerprint density at radius 1 is 1.36 bits per heavy atom. The van der Waals surface area contributed by atoms with Gasteiger partial charge in [0.15, 0.2) is 0 Å². The Balaban J connectivity index is 2.09. The summed E-state index contributed by atoms with van der Waals surface area (Å²) in [6.45, 7) is 0.815. The van der Waals surface area contributed by atoms with Crippen molar-refractivity contribution in [1.29, 1.82) is 0 Å². The molecule has 2 aliphatic heterocycles. The molecule has 3 rings (SSSR count). The summed E-state index contributed by atoms with van der Waals surface area (Å²) in [5, 5.41) is 2.94. The lowest BCUT2D eigenvalue weighted by atomic mass is 9.82. The van der Waals surface area contributed by atoms with E-state index in [1.165, 1.54) is 10.5 Å². The third-order valence-electron chi connectivity index (χ3n) is 3.09. The maximum absolute atomic E-state index is 11.3. The van der Waals surface area contributed by atoms with E-state index in [-0.39, 0.29) is 11.3 Å². The number of thioether (sulfide) groups is 1. The summed E-state index contributed by atoms with van der Waals surface area (Å²) < 4.78 is 0. The normalized spacial score (nSPS) is 29.3. The second kappa shape index (κ2) is 2.76. The standard InChI is InChI=1S/C11H11NOS/c13-10-5-11(6-12-10)7-14-9-4-2-1-3-8(9)11/h1-4H,5-7H2,(H,12,13). The topological polar surface area (TPSA) is 29.1 Å². The molecule has 1 aromatic rings. The lowest BCUT2D eigenvalue weighted by Gasteiger charge is -2.20. The van der Waals surface area contributed by atoms with Crippen LogP contribution in [0.4, 0.5) is 0 Å². The number of hydrogen-bond donors (Lipinski definition) is 1. The largest absolute Gasteiger partial charge is 0.355 e. The predicted molar refractivity (Wildman–Crippen MR) is 56.5 cm³/mol. The summed E-state index contributed by atoms with van der Waals surface area (Å²) in [6, 6.07) is 8.44. The van der Waals surface area contributed by atoms with Crippen molar-refractivity contribution in [3.8, 4) is 0 Å². The fourth-order valence-electron chi connectivity index (χ4n) is 2.32. The van der Waals surface area contributed by atoms with Crippen LogP contribution in [0.3, 0.4) is 0 Å². The molecule has 1 aromatic carbocycles. The first kappa shape index (κ1) is 8.36. The average Bonchev–Trinajstić information content (AvgIpc) is 2.75. The fourth-order valence-corrected chi connectivity index (χ4v) is 3.72. The van der Waals surface area contributed by atoms with Crippen molar-refractivity contribution in [1.82, 2.24) is 5.32 Å². The molecule has 1 unspecified atom stereocenters. The van der Waals surface area contributed by atoms with Crippen molar-refractivity contribution in [2.75, 3.05) is 12.3 Å². The average molecular weight is 205 g/mol. The van der Waals surface area contributed by atoms with Crippen LogP contribution in [0.25, 0.3) is 0 Å². The Kier molecular flexibility index (Phi) is 1.65. The van der Waals surface area contributed by atoms with Crippen LogP contribution in [0.5, 0.6) is 0 Å². The zero-order chi connectivity index (χ0) is 9.60. The molecule has 2 heterocycles. The molecule has 1 fully saturated rings. The van der Waals surface area contributed by atoms with E-state index in [1.54, 1.807) is 0 Å². The van der Waals surface area contributed by atoms with Crippen LogP contribution in [-0.4, -0.2) is 18.2 Å². The first-order chi connectivity index (χ1) is 6.80. The number of carbonyl (C=O) groups is 1. The van der Waals surface area contributed by atoms with Crippen LogP contribution in [0.2, 0.25) is 0 Å². The van der Waals surface area contributed by atoms with Gasteiger partial charge in [-0.3, -0.25) is 4.79 Å². The molecular formula is C11H11NOS. The Bertz CT molecular complexity index is 404. The third kappa shape index (κ3) is 1.02. The minimum Gasteiger partial charge on any atom is -0.355 e. The summed E-state index contributed by atoms with van der Waals surface area (Å²) >= 11 is 1.87. The molecule has 2 nitrogen and oxygen atoms in total. The van der Waals surface area contributed by atoms with Gasteiger partial charge in [-0.05, 0) is 11.6 Å². The van der Waals surface area contributed by atoms with Gasteiger partial charge in [0, 0.05) is 29.0 Å². The molecule has 72 valence electrons. The van der Waals surface area contributed by atoms with Gasteiger partial charge in [-0.25, -0.2) is 0 Å². The molecule has 1 N–H and O–H groups in total. The number of fused-ring (bicyclic) bond motifs is 2. The van der Waals surface area contributed by atoms with E-state index >= 15 is 0 Å². The van der Waals surface area contributed by atoms with Crippen molar-refractivity contribution < 1.29 is 4.79 Å². The first-order valence-corrected chi connectivity index (χ1v) is 5.78. The van der Waals surface area contributed by atoms with Crippen molar-refractivity contribution >= 4 is 17.7 Å². The van der Waals surface area contributed by atoms with E-state index in [0.717, 1.165) is 12.3 Å². The zero-order valence-electron chi connectivity index (χ0n) is 7.75. The van der Waals surface area contributed by atoms with Crippen LogP contribution in [0, 0.1) is 0 Å². The molecule has 2 aliphatic rings. The molecule has 3 heteroatoms. The summed E-state index contributed by atoms with van der Waals surface area (Å²) in [4.78, 5) is 12.6. The van der Waals surface area contributed by atoms with Crippen LogP contribution in [-0.2, 0) is 10.2 Å². The van der Waals surface area contributed by atoms with Gasteiger partial charge in [0.05, 0.1) is 0 Å². The van der Waals surface area contributed by atoms with Gasteiger partial charge < -0.3 is 5.32 Å². The summed E-state index contributed by atoms with van der Waals surface area (Å²) in [5.74, 6) is 1.24. The van der Waals surface area contributed by atoms with Gasteiger partial charge >= 0.3 is 0 Å². The van der Waals surface area contributed by atoms with Crippen molar-refractivity contribution in [2.45, 2.75) is 16.7 Å². The number of carbonyl (C=O) groups excluding carboxylic acids is 1. The lowest BCUT2D eigenvalue weighted by Crippen LogP contribution is -2.28. The van der Waals surface area contributed by atoms with Gasteiger partial charge in [-0.1, -0.05) is 18.2 Å². The maximum Gasteiger partial charge on any atom is 0.221 e. The molecule has 1 saturated heterocycles. The monoisotopic (exact) mass is 205 g/mol. The zero-order valence-corrected chi connectivity index (χ0v) is 8.56. The summed E-state index contributed by atoms with van der Waals surface area (Å²) in [7, 11) is 0. The third-order valence-corrected chi connectivity index (χ3v) is 4.45. The fraction of sp³-hybridized carbons (Fsp3) is 0.364. The molecule has 1 amide bonds. The van der Waals surface area contributed by atoms with Gasteiger partial charge in [0.25, 0.3) is 0 Å². The Labute approximate surface area is 87.1 Å². The molecule has 0 aromatic heterocycles. The van der Waals surface area contributed by atoms with E-state index in [1.807, 2.05) is 11.8 Å². The number of hydrogen-bond acceptors (Lipinski definition) is 2. The maximum atomic E-state index is 11.3. The molecule has 0 radical (unpaired) electrons. The molecule has 0 saturated carbocycles. The summed E-state index contributed by atoms with van der Waals surface area (Å²) in [6.07, 6.45) is 0.664. The molecule has 1 spiro atoms. The van der Waals surface area contributed by atoms with E-state index in [2.05, 4.69) is 29.6 Å². The number of rotatable bonds is 0. The number of nitrogens with one attached hydrogen (secondary N) is 1. The van der Waals surface area contributed by atoms with E-state index in [4.69, 9.17) is 0 Å². The van der Waals surface area contributed by atoms with E-state index in [9.17, 15) is 4.79 Å². The Morgan fingerprint density at radius 3 is 3.00 bits per heavy atom. The van der Waals surface area contributed by atoms with Gasteiger partial charge in [-0.15, -0.1) is 11.8 Å². The van der Waals surface area contributed by atoms with E-state index in [0.29, 0.717) is 6.42 Å². The first-order valence-electron chi connectivity index (χ1n) is 4.79. The van der Waals surface area contributed by atoms with Crippen molar-refractivity contribution in [2.24, 2.45) is 0 Å². The quantitative estimate of drug-likeness (QED) is 0.696. The number of benzene rings is 1. The minimum absolute atomic E-state index is 0.0956. The highest BCUT2D eigenvalue weighted by Gasteiger charge is 2.44. The van der Waals surface area contributed by atoms with Crippen LogP contribution in [0.1, 0.15) is 12.0 Å². The Morgan fingerprint density at radius 2 is 2.21 bits per heavy atom. The smallest absolute Gasteiger partial charge is 0.221 e. The second-order valence-corrected chi connectivity index (χ2v) is 5.04. The number of amides is 1. The van der Waals surface area contributed by atoms with E-state index < -0.39 is 0 Å². The Hall–Kier alpha value is -0.960. The molecule has 0 bridgehead atoms. The summed E-state index contributed by atoms with van der Waals surface area (Å²) in [5.41, 5.74) is 1.46. The van der Waals surface area contributed by atoms with Crippen LogP contribution >= 0.6 is 11.8 Å². The van der Waals surface area contributed by atoms with Gasteiger partial charge in [-0.2, -0.15) is 0 Å². The van der Waals surface area contributed by atoms with Gasteiger partial charge in [0.2, 0.25) is 5.91 Å².